The lowest BCUT2D eigenvalue weighted by Crippen LogP contribution is -2.27. The first-order valence-corrected chi connectivity index (χ1v) is 7.06. The molecular formula is C16H19F2NO. The molecule has 1 aliphatic rings. The Hall–Kier alpha value is -1.47. The molecule has 0 bridgehead atoms. The van der Waals surface area contributed by atoms with Crippen molar-refractivity contribution in [1.29, 1.82) is 5.26 Å². The minimum absolute atomic E-state index is 0.108. The molecule has 20 heavy (non-hydrogen) atoms. The Labute approximate surface area is 118 Å². The molecule has 0 saturated heterocycles. The number of nitriles is 1. The van der Waals surface area contributed by atoms with Gasteiger partial charge in [-0.2, -0.15) is 5.26 Å². The van der Waals surface area contributed by atoms with Crippen LogP contribution in [0, 0.1) is 16.7 Å². The Bertz CT molecular complexity index is 487. The third-order valence-corrected chi connectivity index (χ3v) is 4.22. The first kappa shape index (κ1) is 14.9. The van der Waals surface area contributed by atoms with Crippen molar-refractivity contribution >= 4 is 0 Å². The molecule has 0 spiro atoms. The first-order chi connectivity index (χ1) is 9.59. The van der Waals surface area contributed by atoms with E-state index in [1.165, 1.54) is 18.2 Å². The number of alkyl halides is 2. The smallest absolute Gasteiger partial charge is 0.263 e. The Morgan fingerprint density at radius 3 is 2.25 bits per heavy atom. The van der Waals surface area contributed by atoms with Crippen LogP contribution in [0.5, 0.6) is 0 Å². The van der Waals surface area contributed by atoms with Crippen LogP contribution in [0.25, 0.3) is 0 Å². The summed E-state index contributed by atoms with van der Waals surface area (Å²) in [7, 11) is 0. The van der Waals surface area contributed by atoms with Gasteiger partial charge >= 0.3 is 0 Å². The second kappa shape index (κ2) is 6.32. The molecule has 2 nitrogen and oxygen atoms in total. The van der Waals surface area contributed by atoms with Crippen LogP contribution in [0.3, 0.4) is 0 Å². The highest BCUT2D eigenvalue weighted by Crippen LogP contribution is 2.44. The topological polar surface area (TPSA) is 44.0 Å². The van der Waals surface area contributed by atoms with E-state index in [-0.39, 0.29) is 5.56 Å². The van der Waals surface area contributed by atoms with E-state index in [0.29, 0.717) is 18.4 Å². The van der Waals surface area contributed by atoms with Gasteiger partial charge in [-0.15, -0.1) is 0 Å². The van der Waals surface area contributed by atoms with E-state index in [0.717, 1.165) is 25.7 Å². The highest BCUT2D eigenvalue weighted by molar-refractivity contribution is 5.29. The minimum atomic E-state index is -2.56. The van der Waals surface area contributed by atoms with Crippen LogP contribution < -0.4 is 0 Å². The summed E-state index contributed by atoms with van der Waals surface area (Å²) in [5.74, 6) is 0. The second-order valence-corrected chi connectivity index (χ2v) is 5.56. The zero-order chi connectivity index (χ0) is 14.6. The average Bonchev–Trinajstić information content (AvgIpc) is 2.73. The summed E-state index contributed by atoms with van der Waals surface area (Å²) in [5.41, 5.74) is -0.522. The molecule has 1 N–H and O–H groups in total. The van der Waals surface area contributed by atoms with Crippen LogP contribution in [-0.2, 0) is 0 Å². The molecule has 1 aromatic rings. The molecule has 0 aliphatic heterocycles. The highest BCUT2D eigenvalue weighted by Gasteiger charge is 2.39. The van der Waals surface area contributed by atoms with Gasteiger partial charge in [0, 0.05) is 5.56 Å². The van der Waals surface area contributed by atoms with Gasteiger partial charge < -0.3 is 5.11 Å². The average molecular weight is 279 g/mol. The summed E-state index contributed by atoms with van der Waals surface area (Å²) < 4.78 is 25.5. The summed E-state index contributed by atoms with van der Waals surface area (Å²) in [4.78, 5) is 0. The van der Waals surface area contributed by atoms with E-state index in [2.05, 4.69) is 6.07 Å². The predicted octanol–water partition coefficient (Wildman–Crippen LogP) is 4.52. The molecule has 108 valence electrons. The van der Waals surface area contributed by atoms with Gasteiger partial charge in [0.2, 0.25) is 0 Å². The van der Waals surface area contributed by atoms with Gasteiger partial charge in [0.05, 0.1) is 17.6 Å². The van der Waals surface area contributed by atoms with Gasteiger partial charge in [-0.05, 0) is 24.5 Å². The van der Waals surface area contributed by atoms with Crippen molar-refractivity contribution in [3.8, 4) is 6.07 Å². The summed E-state index contributed by atoms with van der Waals surface area (Å²) in [5, 5.41) is 20.1. The molecule has 1 saturated carbocycles. The number of hydrogen-bond donors (Lipinski definition) is 1. The lowest BCUT2D eigenvalue weighted by atomic mass is 9.74. The summed E-state index contributed by atoms with van der Waals surface area (Å²) >= 11 is 0. The van der Waals surface area contributed by atoms with Crippen LogP contribution in [0.15, 0.2) is 24.3 Å². The van der Waals surface area contributed by atoms with Crippen LogP contribution in [0.1, 0.15) is 62.2 Å². The minimum Gasteiger partial charge on any atom is -0.387 e. The third-order valence-electron chi connectivity index (χ3n) is 4.22. The molecule has 1 atom stereocenters. The Morgan fingerprint density at radius 2 is 1.70 bits per heavy atom. The van der Waals surface area contributed by atoms with E-state index in [9.17, 15) is 19.1 Å². The normalized spacial score (nSPS) is 20.1. The number of rotatable bonds is 3. The fourth-order valence-electron chi connectivity index (χ4n) is 2.99. The number of nitrogens with zero attached hydrogens (tertiary/aromatic N) is 1. The molecule has 1 aromatic carbocycles. The van der Waals surface area contributed by atoms with Crippen molar-refractivity contribution in [3.63, 3.8) is 0 Å². The van der Waals surface area contributed by atoms with Gasteiger partial charge in [0.1, 0.15) is 0 Å². The Kier molecular flexibility index (Phi) is 4.72. The lowest BCUT2D eigenvalue weighted by Gasteiger charge is -2.31. The fourth-order valence-corrected chi connectivity index (χ4v) is 2.99. The maximum Gasteiger partial charge on any atom is 0.263 e. The van der Waals surface area contributed by atoms with E-state index >= 15 is 0 Å². The Morgan fingerprint density at radius 1 is 1.10 bits per heavy atom. The van der Waals surface area contributed by atoms with Gasteiger partial charge in [0.15, 0.2) is 0 Å². The SMILES string of the molecule is N#CC1(C(O)c2cccc(C(F)F)c2)CCCCCC1. The maximum atomic E-state index is 12.7. The van der Waals surface area contributed by atoms with E-state index < -0.39 is 17.9 Å². The largest absolute Gasteiger partial charge is 0.387 e. The number of halogens is 2. The molecule has 1 unspecified atom stereocenters. The lowest BCUT2D eigenvalue weighted by molar-refractivity contribution is 0.0513. The molecule has 0 aromatic heterocycles. The number of benzene rings is 1. The molecule has 4 heteroatoms. The molecule has 0 heterocycles. The van der Waals surface area contributed by atoms with Crippen molar-refractivity contribution in [3.05, 3.63) is 35.4 Å². The van der Waals surface area contributed by atoms with Crippen molar-refractivity contribution in [2.24, 2.45) is 5.41 Å². The molecule has 0 amide bonds. The number of aliphatic hydroxyl groups excluding tert-OH is 1. The summed E-state index contributed by atoms with van der Waals surface area (Å²) in [6.07, 6.45) is 1.63. The fraction of sp³-hybridized carbons (Fsp3) is 0.562. The van der Waals surface area contributed by atoms with Crippen molar-refractivity contribution < 1.29 is 13.9 Å². The maximum absolute atomic E-state index is 12.7. The van der Waals surface area contributed by atoms with E-state index in [4.69, 9.17) is 0 Å². The van der Waals surface area contributed by atoms with Crippen molar-refractivity contribution in [2.45, 2.75) is 51.1 Å². The predicted molar refractivity (Wildman–Crippen MR) is 72.1 cm³/mol. The standard InChI is InChI=1S/C16H19F2NO/c17-15(18)13-7-5-6-12(10-13)14(20)16(11-19)8-3-1-2-4-9-16/h5-7,10,14-15,20H,1-4,8-9H2. The summed E-state index contributed by atoms with van der Waals surface area (Å²) in [6.45, 7) is 0. The molecule has 0 radical (unpaired) electrons. The highest BCUT2D eigenvalue weighted by atomic mass is 19.3. The van der Waals surface area contributed by atoms with Gasteiger partial charge in [-0.3, -0.25) is 0 Å². The van der Waals surface area contributed by atoms with Gasteiger partial charge in [0.25, 0.3) is 6.43 Å². The van der Waals surface area contributed by atoms with Crippen molar-refractivity contribution in [2.75, 3.05) is 0 Å². The first-order valence-electron chi connectivity index (χ1n) is 7.06. The monoisotopic (exact) mass is 279 g/mol. The van der Waals surface area contributed by atoms with E-state index in [1.807, 2.05) is 0 Å². The summed E-state index contributed by atoms with van der Waals surface area (Å²) in [6, 6.07) is 8.07. The number of aliphatic hydroxyl groups is 1. The molecule has 2 rings (SSSR count). The second-order valence-electron chi connectivity index (χ2n) is 5.56. The third kappa shape index (κ3) is 2.99. The van der Waals surface area contributed by atoms with Gasteiger partial charge in [-0.1, -0.05) is 43.9 Å². The van der Waals surface area contributed by atoms with Crippen LogP contribution >= 0.6 is 0 Å². The number of hydrogen-bond acceptors (Lipinski definition) is 2. The van der Waals surface area contributed by atoms with Gasteiger partial charge in [-0.25, -0.2) is 8.78 Å². The quantitative estimate of drug-likeness (QED) is 0.826. The zero-order valence-corrected chi connectivity index (χ0v) is 11.4. The van der Waals surface area contributed by atoms with Crippen LogP contribution in [0.4, 0.5) is 8.78 Å². The Balaban J connectivity index is 2.30. The van der Waals surface area contributed by atoms with Crippen molar-refractivity contribution in [1.82, 2.24) is 0 Å². The zero-order valence-electron chi connectivity index (χ0n) is 11.4. The molecule has 1 aliphatic carbocycles. The van der Waals surface area contributed by atoms with Crippen LogP contribution in [0.2, 0.25) is 0 Å². The van der Waals surface area contributed by atoms with Crippen LogP contribution in [-0.4, -0.2) is 5.11 Å². The van der Waals surface area contributed by atoms with E-state index in [1.54, 1.807) is 6.07 Å². The molecular weight excluding hydrogens is 260 g/mol. The molecule has 1 fully saturated rings.